The van der Waals surface area contributed by atoms with E-state index >= 15 is 0 Å². The summed E-state index contributed by atoms with van der Waals surface area (Å²) in [4.78, 5) is 15.6. The van der Waals surface area contributed by atoms with Gasteiger partial charge in [-0.15, -0.1) is 0 Å². The third-order valence-corrected chi connectivity index (χ3v) is 14.9. The summed E-state index contributed by atoms with van der Waals surface area (Å²) in [6, 6.07) is 62.7. The Kier molecular flexibility index (Phi) is 11.3. The maximum Gasteiger partial charge on any atom is 0.164 e. The predicted octanol–water partition coefficient (Wildman–Crippen LogP) is 18.2. The number of fused-ring (bicyclic) bond motifs is 6. The lowest BCUT2D eigenvalue weighted by atomic mass is 9.85. The van der Waals surface area contributed by atoms with Crippen LogP contribution in [0.3, 0.4) is 0 Å². The van der Waals surface area contributed by atoms with Gasteiger partial charge in [0.2, 0.25) is 0 Å². The Labute approximate surface area is 431 Å². The zero-order valence-electron chi connectivity index (χ0n) is 44.9. The molecule has 3 heterocycles. The summed E-state index contributed by atoms with van der Waals surface area (Å²) < 4.78 is 5.01. The van der Waals surface area contributed by atoms with Gasteiger partial charge in [-0.25, -0.2) is 15.0 Å². The second-order valence-corrected chi connectivity index (χ2v) is 24.4. The molecule has 11 rings (SSSR count). The van der Waals surface area contributed by atoms with Crippen molar-refractivity contribution in [1.82, 2.24) is 24.1 Å². The molecule has 0 N–H and O–H groups in total. The molecule has 0 saturated heterocycles. The summed E-state index contributed by atoms with van der Waals surface area (Å²) in [5.41, 5.74) is 18.2. The van der Waals surface area contributed by atoms with Crippen LogP contribution >= 0.6 is 0 Å². The Hall–Kier alpha value is -7.63. The summed E-state index contributed by atoms with van der Waals surface area (Å²) in [6.45, 7) is 29.9. The van der Waals surface area contributed by atoms with Gasteiger partial charge in [0.1, 0.15) is 0 Å². The van der Waals surface area contributed by atoms with Gasteiger partial charge in [-0.1, -0.05) is 192 Å². The van der Waals surface area contributed by atoms with Gasteiger partial charge in [0, 0.05) is 49.4 Å². The fraction of sp³-hybridized carbons (Fsp3) is 0.250. The number of rotatable bonds is 6. The van der Waals surface area contributed by atoms with Crippen molar-refractivity contribution in [3.63, 3.8) is 0 Å². The van der Waals surface area contributed by atoms with Crippen LogP contribution in [-0.2, 0) is 21.7 Å². The highest BCUT2D eigenvalue weighted by Gasteiger charge is 2.27. The summed E-state index contributed by atoms with van der Waals surface area (Å²) >= 11 is 0. The van der Waals surface area contributed by atoms with Gasteiger partial charge < -0.3 is 9.13 Å². The first-order chi connectivity index (χ1) is 34.6. The molecule has 0 saturated carbocycles. The van der Waals surface area contributed by atoms with Crippen molar-refractivity contribution in [2.45, 2.75) is 112 Å². The van der Waals surface area contributed by atoms with Crippen LogP contribution < -0.4 is 0 Å². The Bertz CT molecular complexity index is 3730. The van der Waals surface area contributed by atoms with Crippen molar-refractivity contribution in [3.8, 4) is 56.7 Å². The average molecular weight is 954 g/mol. The van der Waals surface area contributed by atoms with Crippen molar-refractivity contribution in [2.24, 2.45) is 0 Å². The molecule has 5 heteroatoms. The van der Waals surface area contributed by atoms with E-state index in [9.17, 15) is 0 Å². The Morgan fingerprint density at radius 1 is 0.301 bits per heavy atom. The predicted molar refractivity (Wildman–Crippen MR) is 310 cm³/mol. The van der Waals surface area contributed by atoms with Crippen LogP contribution in [0.1, 0.15) is 111 Å². The minimum atomic E-state index is -0.0407. The largest absolute Gasteiger partial charge is 0.309 e. The Morgan fingerprint density at radius 2 is 0.658 bits per heavy atom. The highest BCUT2D eigenvalue weighted by molar-refractivity contribution is 6.12. The second kappa shape index (κ2) is 17.3. The zero-order chi connectivity index (χ0) is 51.4. The molecule has 0 aliphatic rings. The van der Waals surface area contributed by atoms with E-state index in [1.54, 1.807) is 0 Å². The molecule has 73 heavy (non-hydrogen) atoms. The topological polar surface area (TPSA) is 48.5 Å². The van der Waals surface area contributed by atoms with Crippen molar-refractivity contribution in [3.05, 3.63) is 198 Å². The molecule has 0 atom stereocenters. The van der Waals surface area contributed by atoms with E-state index in [-0.39, 0.29) is 21.7 Å². The van der Waals surface area contributed by atoms with Crippen LogP contribution in [0.2, 0.25) is 0 Å². The summed E-state index contributed by atoms with van der Waals surface area (Å²) in [7, 11) is 0. The Morgan fingerprint density at radius 3 is 1.03 bits per heavy atom. The molecule has 0 bridgehead atoms. The van der Waals surface area contributed by atoms with E-state index in [4.69, 9.17) is 15.0 Å². The number of nitrogens with zero attached hydrogens (tertiary/aromatic N) is 5. The van der Waals surface area contributed by atoms with E-state index in [1.165, 1.54) is 60.4 Å². The molecule has 5 nitrogen and oxygen atoms in total. The van der Waals surface area contributed by atoms with Gasteiger partial charge in [0.25, 0.3) is 0 Å². The molecule has 11 aromatic rings. The number of hydrogen-bond acceptors (Lipinski definition) is 3. The molecule has 0 radical (unpaired) electrons. The molecule has 0 spiro atoms. The molecular formula is C68H67N5. The fourth-order valence-corrected chi connectivity index (χ4v) is 10.5. The highest BCUT2D eigenvalue weighted by atomic mass is 15.0. The van der Waals surface area contributed by atoms with E-state index < -0.39 is 0 Å². The first-order valence-corrected chi connectivity index (χ1v) is 25.9. The van der Waals surface area contributed by atoms with Gasteiger partial charge in [0.15, 0.2) is 17.5 Å². The number of aromatic nitrogens is 5. The van der Waals surface area contributed by atoms with Gasteiger partial charge in [0.05, 0.1) is 33.4 Å². The molecule has 3 aromatic heterocycles. The fourth-order valence-electron chi connectivity index (χ4n) is 10.5. The Balaban J connectivity index is 1.25. The van der Waals surface area contributed by atoms with Crippen LogP contribution in [-0.4, -0.2) is 24.1 Å². The monoisotopic (exact) mass is 954 g/mol. The lowest BCUT2D eigenvalue weighted by Gasteiger charge is -2.22. The van der Waals surface area contributed by atoms with Gasteiger partial charge in [-0.3, -0.25) is 0 Å². The van der Waals surface area contributed by atoms with Crippen LogP contribution in [0, 0.1) is 6.92 Å². The van der Waals surface area contributed by atoms with E-state index in [0.29, 0.717) is 17.5 Å². The molecule has 8 aromatic carbocycles. The second-order valence-electron chi connectivity index (χ2n) is 24.4. The first-order valence-electron chi connectivity index (χ1n) is 25.9. The quantitative estimate of drug-likeness (QED) is 0.167. The minimum Gasteiger partial charge on any atom is -0.309 e. The SMILES string of the molecule is Cc1ccc(-n2c3ccc(C(C)(C)C)cc3c3cc(C(C)(C)C)ccc32)c(-c2ccc(-c3nc(-c4ccccc4)nc(-c4ccccc4)n3)cc2-n2c3ccc(C(C)(C)C)cc3c3cc(C(C)(C)C)ccc32)c1. The first kappa shape index (κ1) is 47.7. The van der Waals surface area contributed by atoms with Crippen molar-refractivity contribution in [2.75, 3.05) is 0 Å². The molecule has 0 unspecified atom stereocenters. The zero-order valence-corrected chi connectivity index (χ0v) is 44.9. The number of hydrogen-bond donors (Lipinski definition) is 0. The van der Waals surface area contributed by atoms with Crippen molar-refractivity contribution < 1.29 is 0 Å². The molecule has 0 aliphatic heterocycles. The van der Waals surface area contributed by atoms with Gasteiger partial charge in [-0.05, 0) is 118 Å². The van der Waals surface area contributed by atoms with Gasteiger partial charge >= 0.3 is 0 Å². The summed E-state index contributed by atoms with van der Waals surface area (Å²) in [5.74, 6) is 1.88. The van der Waals surface area contributed by atoms with E-state index in [1.807, 2.05) is 36.4 Å². The maximum atomic E-state index is 5.28. The lowest BCUT2D eigenvalue weighted by Crippen LogP contribution is -2.10. The number of aryl methyl sites for hydroxylation is 1. The smallest absolute Gasteiger partial charge is 0.164 e. The molecule has 364 valence electrons. The van der Waals surface area contributed by atoms with Crippen LogP contribution in [0.5, 0.6) is 0 Å². The van der Waals surface area contributed by atoms with E-state index in [2.05, 4.69) is 233 Å². The summed E-state index contributed by atoms with van der Waals surface area (Å²) in [6.07, 6.45) is 0. The standard InChI is InChI=1S/C68H67N5/c1-42-24-31-56(72-57-32-26-46(65(2,3)4)38-52(57)53-39-47(66(5,6)7)27-33-58(53)72)51(36-42)50-30-25-45(64-70-62(43-20-16-14-17-21-43)69-63(71-64)44-22-18-15-19-23-44)37-61(50)73-59-34-28-48(67(8,9)10)40-54(59)55-41-49(68(11,12)13)29-35-60(55)73/h14-41H,1-13H3. The number of benzene rings is 8. The van der Waals surface area contributed by atoms with Crippen molar-refractivity contribution >= 4 is 43.6 Å². The lowest BCUT2D eigenvalue weighted by molar-refractivity contribution is 0.590. The third kappa shape index (κ3) is 8.63. The van der Waals surface area contributed by atoms with Gasteiger partial charge in [-0.2, -0.15) is 0 Å². The van der Waals surface area contributed by atoms with E-state index in [0.717, 1.165) is 50.2 Å². The molecule has 0 aliphatic carbocycles. The third-order valence-electron chi connectivity index (χ3n) is 14.9. The minimum absolute atomic E-state index is 0.0121. The average Bonchev–Trinajstić information content (AvgIpc) is 3.87. The van der Waals surface area contributed by atoms with Crippen LogP contribution in [0.25, 0.3) is 100 Å². The summed E-state index contributed by atoms with van der Waals surface area (Å²) in [5, 5.41) is 5.00. The van der Waals surface area contributed by atoms with Crippen molar-refractivity contribution in [1.29, 1.82) is 0 Å². The highest BCUT2D eigenvalue weighted by Crippen LogP contribution is 2.45. The van der Waals surface area contributed by atoms with Crippen LogP contribution in [0.15, 0.2) is 170 Å². The van der Waals surface area contributed by atoms with Crippen LogP contribution in [0.4, 0.5) is 0 Å². The molecule has 0 fully saturated rings. The maximum absolute atomic E-state index is 5.28. The molecular weight excluding hydrogens is 887 g/mol. The normalized spacial score (nSPS) is 12.7. The molecule has 0 amide bonds.